The average Bonchev–Trinajstić information content (AvgIpc) is 3.35. The first-order valence-corrected chi connectivity index (χ1v) is 11.1. The molecule has 8 heteroatoms. The molecule has 0 bridgehead atoms. The van der Waals surface area contributed by atoms with Crippen LogP contribution >= 0.6 is 11.5 Å². The van der Waals surface area contributed by atoms with Gasteiger partial charge < -0.3 is 9.64 Å². The molecule has 29 heavy (non-hydrogen) atoms. The normalized spacial score (nSPS) is 19.8. The molecule has 2 aliphatic rings. The van der Waals surface area contributed by atoms with E-state index in [1.54, 1.807) is 11.7 Å². The highest BCUT2D eigenvalue weighted by molar-refractivity contribution is 7.09. The van der Waals surface area contributed by atoms with Gasteiger partial charge in [0.2, 0.25) is 5.13 Å². The van der Waals surface area contributed by atoms with E-state index in [9.17, 15) is 4.79 Å². The van der Waals surface area contributed by atoms with E-state index in [4.69, 9.17) is 14.7 Å². The Morgan fingerprint density at radius 3 is 2.83 bits per heavy atom. The topological polar surface area (TPSA) is 73.1 Å². The number of hydrogen-bond acceptors (Lipinski definition) is 7. The predicted molar refractivity (Wildman–Crippen MR) is 114 cm³/mol. The molecule has 2 fully saturated rings. The summed E-state index contributed by atoms with van der Waals surface area (Å²) in [5, 5.41) is 1.61. The van der Waals surface area contributed by atoms with Gasteiger partial charge in [-0.25, -0.2) is 9.97 Å². The second-order valence-corrected chi connectivity index (χ2v) is 8.58. The van der Waals surface area contributed by atoms with Gasteiger partial charge in [-0.3, -0.25) is 9.36 Å². The number of methoxy groups -OCH3 is 1. The molecule has 0 N–H and O–H groups in total. The van der Waals surface area contributed by atoms with Crippen LogP contribution in [0.2, 0.25) is 0 Å². The number of para-hydroxylation sites is 1. The molecule has 5 rings (SSSR count). The summed E-state index contributed by atoms with van der Waals surface area (Å²) in [4.78, 5) is 25.3. The largest absolute Gasteiger partial charge is 0.383 e. The minimum atomic E-state index is 0.00178. The zero-order valence-electron chi connectivity index (χ0n) is 16.6. The SMILES string of the molecule is COCCn1c(C2CCCN2c2nc(C3CCC3)ns2)nc2ccccc2c1=O. The smallest absolute Gasteiger partial charge is 0.261 e. The summed E-state index contributed by atoms with van der Waals surface area (Å²) in [6, 6.07) is 7.61. The Morgan fingerprint density at radius 2 is 2.03 bits per heavy atom. The molecule has 152 valence electrons. The van der Waals surface area contributed by atoms with Crippen molar-refractivity contribution in [3.8, 4) is 0 Å². The molecular weight excluding hydrogens is 386 g/mol. The van der Waals surface area contributed by atoms with Crippen molar-refractivity contribution < 1.29 is 4.74 Å². The first-order chi connectivity index (χ1) is 14.3. The van der Waals surface area contributed by atoms with Crippen LogP contribution in [0.1, 0.15) is 55.7 Å². The number of hydrogen-bond donors (Lipinski definition) is 0. The second-order valence-electron chi connectivity index (χ2n) is 7.85. The lowest BCUT2D eigenvalue weighted by Crippen LogP contribution is -2.33. The monoisotopic (exact) mass is 411 g/mol. The average molecular weight is 412 g/mol. The van der Waals surface area contributed by atoms with Crippen molar-refractivity contribution in [1.82, 2.24) is 18.9 Å². The third-order valence-corrected chi connectivity index (χ3v) is 6.88. The van der Waals surface area contributed by atoms with Gasteiger partial charge >= 0.3 is 0 Å². The van der Waals surface area contributed by atoms with E-state index in [0.29, 0.717) is 24.5 Å². The predicted octanol–water partition coefficient (Wildman–Crippen LogP) is 3.50. The van der Waals surface area contributed by atoms with Crippen molar-refractivity contribution in [1.29, 1.82) is 0 Å². The first kappa shape index (κ1) is 18.7. The van der Waals surface area contributed by atoms with Crippen LogP contribution in [-0.4, -0.2) is 39.2 Å². The fourth-order valence-corrected chi connectivity index (χ4v) is 5.10. The molecular formula is C21H25N5O2S. The van der Waals surface area contributed by atoms with Crippen LogP contribution in [0.3, 0.4) is 0 Å². The number of anilines is 1. The molecule has 2 aromatic heterocycles. The number of benzene rings is 1. The summed E-state index contributed by atoms with van der Waals surface area (Å²) in [6.45, 7) is 1.89. The van der Waals surface area contributed by atoms with Gasteiger partial charge in [-0.1, -0.05) is 18.6 Å². The van der Waals surface area contributed by atoms with Crippen LogP contribution in [0.5, 0.6) is 0 Å². The van der Waals surface area contributed by atoms with Crippen LogP contribution in [-0.2, 0) is 11.3 Å². The van der Waals surface area contributed by atoms with E-state index in [1.165, 1.54) is 30.8 Å². The Morgan fingerprint density at radius 1 is 1.17 bits per heavy atom. The van der Waals surface area contributed by atoms with Crippen LogP contribution in [0.25, 0.3) is 10.9 Å². The van der Waals surface area contributed by atoms with E-state index in [2.05, 4.69) is 9.27 Å². The van der Waals surface area contributed by atoms with Crippen molar-refractivity contribution in [2.45, 2.75) is 50.6 Å². The molecule has 3 aromatic rings. The number of ether oxygens (including phenoxy) is 1. The van der Waals surface area contributed by atoms with E-state index >= 15 is 0 Å². The number of aromatic nitrogens is 4. The van der Waals surface area contributed by atoms with Crippen LogP contribution in [0, 0.1) is 0 Å². The van der Waals surface area contributed by atoms with Gasteiger partial charge in [0.25, 0.3) is 5.56 Å². The number of nitrogens with zero attached hydrogens (tertiary/aromatic N) is 5. The Bertz CT molecular complexity index is 1070. The lowest BCUT2D eigenvalue weighted by Gasteiger charge is -2.26. The molecule has 3 heterocycles. The van der Waals surface area contributed by atoms with Crippen molar-refractivity contribution >= 4 is 27.6 Å². The first-order valence-electron chi connectivity index (χ1n) is 10.3. The molecule has 1 unspecified atom stereocenters. The van der Waals surface area contributed by atoms with Gasteiger partial charge in [-0.05, 0) is 37.8 Å². The van der Waals surface area contributed by atoms with Gasteiger partial charge in [0, 0.05) is 31.1 Å². The molecule has 1 aromatic carbocycles. The van der Waals surface area contributed by atoms with Crippen LogP contribution in [0.4, 0.5) is 5.13 Å². The number of rotatable bonds is 6. The second kappa shape index (κ2) is 7.84. The van der Waals surface area contributed by atoms with Gasteiger partial charge in [0.15, 0.2) is 0 Å². The fraction of sp³-hybridized carbons (Fsp3) is 0.524. The highest BCUT2D eigenvalue weighted by atomic mass is 32.1. The Labute approximate surface area is 173 Å². The molecule has 1 atom stereocenters. The summed E-state index contributed by atoms with van der Waals surface area (Å²) in [5.41, 5.74) is 0.752. The minimum Gasteiger partial charge on any atom is -0.383 e. The van der Waals surface area contributed by atoms with Crippen LogP contribution in [0.15, 0.2) is 29.1 Å². The van der Waals surface area contributed by atoms with Crippen molar-refractivity contribution in [3.63, 3.8) is 0 Å². The maximum atomic E-state index is 13.2. The van der Waals surface area contributed by atoms with E-state index in [0.717, 1.165) is 41.7 Å². The van der Waals surface area contributed by atoms with Crippen LogP contribution < -0.4 is 10.5 Å². The highest BCUT2D eigenvalue weighted by Gasteiger charge is 2.33. The van der Waals surface area contributed by atoms with Gasteiger partial charge in [-0.15, -0.1) is 0 Å². The number of fused-ring (bicyclic) bond motifs is 1. The van der Waals surface area contributed by atoms with E-state index < -0.39 is 0 Å². The Balaban J connectivity index is 1.55. The molecule has 1 saturated carbocycles. The Kier molecular flexibility index (Phi) is 5.05. The maximum Gasteiger partial charge on any atom is 0.261 e. The fourth-order valence-electron chi connectivity index (χ4n) is 4.28. The summed E-state index contributed by atoms with van der Waals surface area (Å²) >= 11 is 1.48. The standard InChI is InChI=1S/C21H25N5O2S/c1-28-13-12-26-19(22-16-9-3-2-8-15(16)20(26)27)17-10-5-11-25(17)21-23-18(24-29-21)14-6-4-7-14/h2-3,8-9,14,17H,4-7,10-13H2,1H3. The van der Waals surface area contributed by atoms with E-state index in [1.807, 2.05) is 24.3 Å². The Hall–Kier alpha value is -2.32. The van der Waals surface area contributed by atoms with Crippen molar-refractivity contribution in [2.24, 2.45) is 0 Å². The molecule has 0 radical (unpaired) electrons. The minimum absolute atomic E-state index is 0.00178. The third kappa shape index (κ3) is 3.34. The molecule has 7 nitrogen and oxygen atoms in total. The molecule has 1 aliphatic carbocycles. The molecule has 0 amide bonds. The van der Waals surface area contributed by atoms with Gasteiger partial charge in [-0.2, -0.15) is 4.37 Å². The van der Waals surface area contributed by atoms with Crippen molar-refractivity contribution in [3.05, 3.63) is 46.3 Å². The zero-order valence-corrected chi connectivity index (χ0v) is 17.4. The summed E-state index contributed by atoms with van der Waals surface area (Å²) < 4.78 is 11.7. The van der Waals surface area contributed by atoms with E-state index in [-0.39, 0.29) is 11.6 Å². The van der Waals surface area contributed by atoms with Gasteiger partial charge in [0.05, 0.1) is 30.1 Å². The summed E-state index contributed by atoms with van der Waals surface area (Å²) in [5.74, 6) is 2.33. The highest BCUT2D eigenvalue weighted by Crippen LogP contribution is 2.40. The zero-order chi connectivity index (χ0) is 19.8. The molecule has 1 aliphatic heterocycles. The van der Waals surface area contributed by atoms with Gasteiger partial charge in [0.1, 0.15) is 11.6 Å². The molecule has 1 saturated heterocycles. The quantitative estimate of drug-likeness (QED) is 0.618. The third-order valence-electron chi connectivity index (χ3n) is 6.11. The maximum absolute atomic E-state index is 13.2. The lowest BCUT2D eigenvalue weighted by molar-refractivity contribution is 0.184. The summed E-state index contributed by atoms with van der Waals surface area (Å²) in [7, 11) is 1.66. The summed E-state index contributed by atoms with van der Waals surface area (Å²) in [6.07, 6.45) is 5.68. The molecule has 0 spiro atoms. The lowest BCUT2D eigenvalue weighted by atomic mass is 9.85. The van der Waals surface area contributed by atoms with Crippen molar-refractivity contribution in [2.75, 3.05) is 25.2 Å².